The Hall–Kier alpha value is -1.95. The van der Waals surface area contributed by atoms with E-state index in [9.17, 15) is 4.79 Å². The number of hydrogen-bond donors (Lipinski definition) is 1. The van der Waals surface area contributed by atoms with Gasteiger partial charge >= 0.3 is 0 Å². The highest BCUT2D eigenvalue weighted by Gasteiger charge is 2.19. The second-order valence-corrected chi connectivity index (χ2v) is 5.63. The number of amides is 1. The first kappa shape index (κ1) is 18.4. The lowest BCUT2D eigenvalue weighted by Crippen LogP contribution is -2.33. The Morgan fingerprint density at radius 2 is 2.08 bits per heavy atom. The lowest BCUT2D eigenvalue weighted by Gasteiger charge is -2.22. The summed E-state index contributed by atoms with van der Waals surface area (Å²) in [6.45, 7) is 3.24. The Labute approximate surface area is 148 Å². The van der Waals surface area contributed by atoms with Crippen molar-refractivity contribution in [1.29, 1.82) is 0 Å². The minimum Gasteiger partial charge on any atom is -0.383 e. The zero-order chi connectivity index (χ0) is 16.1. The van der Waals surface area contributed by atoms with Crippen molar-refractivity contribution < 1.29 is 9.53 Å². The van der Waals surface area contributed by atoms with Gasteiger partial charge in [0.25, 0.3) is 5.91 Å². The number of carbonyl (C=O) groups is 1. The number of ether oxygens (including phenoxy) is 1. The number of nitrogens with zero attached hydrogens (tertiary/aromatic N) is 2. The summed E-state index contributed by atoms with van der Waals surface area (Å²) in [5.41, 5.74) is 4.08. The number of aromatic nitrogens is 1. The average molecular weight is 348 g/mol. The molecule has 0 bridgehead atoms. The highest BCUT2D eigenvalue weighted by atomic mass is 35.5. The van der Waals surface area contributed by atoms with Crippen LogP contribution < -0.4 is 5.32 Å². The van der Waals surface area contributed by atoms with Crippen LogP contribution in [0.5, 0.6) is 0 Å². The molecule has 3 rings (SSSR count). The SMILES string of the molecule is COCCN(Cc1ccccn1)C(=O)c1ccc2c(c1)CNC2.Cl. The molecule has 1 aromatic carbocycles. The van der Waals surface area contributed by atoms with Gasteiger partial charge < -0.3 is 15.0 Å². The van der Waals surface area contributed by atoms with Gasteiger partial charge in [-0.2, -0.15) is 0 Å². The van der Waals surface area contributed by atoms with Crippen LogP contribution in [0.15, 0.2) is 42.6 Å². The minimum absolute atomic E-state index is 0. The lowest BCUT2D eigenvalue weighted by atomic mass is 10.1. The monoisotopic (exact) mass is 347 g/mol. The molecule has 1 amide bonds. The lowest BCUT2D eigenvalue weighted by molar-refractivity contribution is 0.0678. The molecule has 0 radical (unpaired) electrons. The molecule has 6 heteroatoms. The summed E-state index contributed by atoms with van der Waals surface area (Å²) in [4.78, 5) is 19.0. The highest BCUT2D eigenvalue weighted by Crippen LogP contribution is 2.18. The topological polar surface area (TPSA) is 54.5 Å². The molecule has 0 saturated carbocycles. The Balaban J connectivity index is 0.00000208. The molecule has 2 heterocycles. The summed E-state index contributed by atoms with van der Waals surface area (Å²) in [7, 11) is 1.64. The summed E-state index contributed by atoms with van der Waals surface area (Å²) in [5.74, 6) is 0.0161. The number of fused-ring (bicyclic) bond motifs is 1. The maximum absolute atomic E-state index is 12.9. The molecule has 1 N–H and O–H groups in total. The molecule has 2 aromatic rings. The molecule has 0 spiro atoms. The zero-order valence-corrected chi connectivity index (χ0v) is 14.5. The molecule has 24 heavy (non-hydrogen) atoms. The molecule has 128 valence electrons. The summed E-state index contributed by atoms with van der Waals surface area (Å²) >= 11 is 0. The molecule has 0 saturated heterocycles. The van der Waals surface area contributed by atoms with E-state index < -0.39 is 0 Å². The number of carbonyl (C=O) groups excluding carboxylic acids is 1. The number of halogens is 1. The predicted molar refractivity (Wildman–Crippen MR) is 95.1 cm³/mol. The van der Waals surface area contributed by atoms with E-state index >= 15 is 0 Å². The maximum Gasteiger partial charge on any atom is 0.254 e. The molecule has 0 fully saturated rings. The number of nitrogens with one attached hydrogen (secondary N) is 1. The second-order valence-electron chi connectivity index (χ2n) is 5.63. The first-order chi connectivity index (χ1) is 11.3. The van der Waals surface area contributed by atoms with Gasteiger partial charge in [0.2, 0.25) is 0 Å². The van der Waals surface area contributed by atoms with Crippen molar-refractivity contribution in [2.24, 2.45) is 0 Å². The van der Waals surface area contributed by atoms with E-state index in [1.54, 1.807) is 18.2 Å². The Bertz CT molecular complexity index is 679. The van der Waals surface area contributed by atoms with Gasteiger partial charge in [-0.1, -0.05) is 12.1 Å². The molecule has 1 aliphatic rings. The van der Waals surface area contributed by atoms with Crippen LogP contribution in [0.3, 0.4) is 0 Å². The van der Waals surface area contributed by atoms with Gasteiger partial charge in [-0.05, 0) is 35.4 Å². The van der Waals surface area contributed by atoms with Crippen molar-refractivity contribution in [2.75, 3.05) is 20.3 Å². The van der Waals surface area contributed by atoms with Gasteiger partial charge in [0.15, 0.2) is 0 Å². The second kappa shape index (κ2) is 8.78. The minimum atomic E-state index is 0. The van der Waals surface area contributed by atoms with Crippen molar-refractivity contribution >= 4 is 18.3 Å². The molecule has 5 nitrogen and oxygen atoms in total. The van der Waals surface area contributed by atoms with Gasteiger partial charge in [-0.3, -0.25) is 9.78 Å². The van der Waals surface area contributed by atoms with E-state index in [2.05, 4.69) is 10.3 Å². The number of rotatable bonds is 6. The van der Waals surface area contributed by atoms with Gasteiger partial charge in [-0.25, -0.2) is 0 Å². The number of benzene rings is 1. The van der Waals surface area contributed by atoms with Crippen LogP contribution in [0.1, 0.15) is 27.2 Å². The largest absolute Gasteiger partial charge is 0.383 e. The van der Waals surface area contributed by atoms with Gasteiger partial charge in [0.1, 0.15) is 0 Å². The van der Waals surface area contributed by atoms with E-state index in [1.807, 2.05) is 36.4 Å². The first-order valence-corrected chi connectivity index (χ1v) is 7.78. The van der Waals surface area contributed by atoms with Crippen LogP contribution >= 0.6 is 12.4 Å². The Morgan fingerprint density at radius 3 is 2.83 bits per heavy atom. The van der Waals surface area contributed by atoms with E-state index in [1.165, 1.54) is 11.1 Å². The number of hydrogen-bond acceptors (Lipinski definition) is 4. The molecule has 0 unspecified atom stereocenters. The molecular weight excluding hydrogens is 326 g/mol. The van der Waals surface area contributed by atoms with Crippen LogP contribution in [0.25, 0.3) is 0 Å². The van der Waals surface area contributed by atoms with Crippen molar-refractivity contribution in [2.45, 2.75) is 19.6 Å². The molecule has 1 aromatic heterocycles. The van der Waals surface area contributed by atoms with Crippen LogP contribution in [0, 0.1) is 0 Å². The average Bonchev–Trinajstić information content (AvgIpc) is 3.06. The molecule has 1 aliphatic heterocycles. The third kappa shape index (κ3) is 4.32. The van der Waals surface area contributed by atoms with Crippen molar-refractivity contribution in [3.63, 3.8) is 0 Å². The fourth-order valence-corrected chi connectivity index (χ4v) is 2.75. The first-order valence-electron chi connectivity index (χ1n) is 7.78. The molecule has 0 atom stereocenters. The standard InChI is InChI=1S/C18H21N3O2.ClH/c1-23-9-8-21(13-17-4-2-3-7-20-17)18(22)14-5-6-15-11-19-12-16(15)10-14;/h2-7,10,19H,8-9,11-13H2,1H3;1H. The molecular formula is C18H22ClN3O2. The maximum atomic E-state index is 12.9. The van der Waals surface area contributed by atoms with Gasteiger partial charge in [0.05, 0.1) is 18.8 Å². The quantitative estimate of drug-likeness (QED) is 0.871. The number of methoxy groups -OCH3 is 1. The fraction of sp³-hybridized carbons (Fsp3) is 0.333. The smallest absolute Gasteiger partial charge is 0.254 e. The van der Waals surface area contributed by atoms with Crippen molar-refractivity contribution in [1.82, 2.24) is 15.2 Å². The third-order valence-electron chi connectivity index (χ3n) is 4.02. The number of pyridine rings is 1. The summed E-state index contributed by atoms with van der Waals surface area (Å²) < 4.78 is 5.15. The van der Waals surface area contributed by atoms with E-state index in [4.69, 9.17) is 4.74 Å². The van der Waals surface area contributed by atoms with Crippen LogP contribution in [-0.4, -0.2) is 36.1 Å². The predicted octanol–water partition coefficient (Wildman–Crippen LogP) is 2.40. The summed E-state index contributed by atoms with van der Waals surface area (Å²) in [6, 6.07) is 11.7. The van der Waals surface area contributed by atoms with Crippen LogP contribution in [0.2, 0.25) is 0 Å². The van der Waals surface area contributed by atoms with Crippen molar-refractivity contribution in [3.05, 3.63) is 65.0 Å². The van der Waals surface area contributed by atoms with Crippen LogP contribution in [0.4, 0.5) is 0 Å². The Morgan fingerprint density at radius 1 is 1.25 bits per heavy atom. The summed E-state index contributed by atoms with van der Waals surface area (Å²) in [6.07, 6.45) is 1.75. The normalized spacial score (nSPS) is 12.4. The Kier molecular flexibility index (Phi) is 6.73. The third-order valence-corrected chi connectivity index (χ3v) is 4.02. The summed E-state index contributed by atoms with van der Waals surface area (Å²) in [5, 5.41) is 3.30. The van der Waals surface area contributed by atoms with E-state index in [0.717, 1.165) is 24.3 Å². The van der Waals surface area contributed by atoms with E-state index in [0.29, 0.717) is 19.7 Å². The molecule has 0 aliphatic carbocycles. The zero-order valence-electron chi connectivity index (χ0n) is 13.7. The van der Waals surface area contributed by atoms with E-state index in [-0.39, 0.29) is 18.3 Å². The fourth-order valence-electron chi connectivity index (χ4n) is 2.75. The van der Waals surface area contributed by atoms with Crippen LogP contribution in [-0.2, 0) is 24.4 Å². The van der Waals surface area contributed by atoms with Gasteiger partial charge in [-0.15, -0.1) is 12.4 Å². The van der Waals surface area contributed by atoms with Gasteiger partial charge in [0, 0.05) is 38.5 Å². The van der Waals surface area contributed by atoms with Crippen molar-refractivity contribution in [3.8, 4) is 0 Å². The highest BCUT2D eigenvalue weighted by molar-refractivity contribution is 5.94.